The van der Waals surface area contributed by atoms with Gasteiger partial charge in [-0.25, -0.2) is 13.2 Å². The summed E-state index contributed by atoms with van der Waals surface area (Å²) in [5.74, 6) is -1.60. The van der Waals surface area contributed by atoms with Crippen molar-refractivity contribution in [3.63, 3.8) is 0 Å². The average molecular weight is 446 g/mol. The molecule has 0 unspecified atom stereocenters. The number of methoxy groups -OCH3 is 2. The van der Waals surface area contributed by atoms with E-state index in [0.29, 0.717) is 0 Å². The van der Waals surface area contributed by atoms with Gasteiger partial charge in [0.1, 0.15) is 10.9 Å². The van der Waals surface area contributed by atoms with Crippen LogP contribution < -0.4 is 4.72 Å². The molecule has 0 saturated carbocycles. The third-order valence-electron chi connectivity index (χ3n) is 3.78. The van der Waals surface area contributed by atoms with Crippen molar-refractivity contribution < 1.29 is 27.5 Å². The van der Waals surface area contributed by atoms with Crippen molar-refractivity contribution in [2.24, 2.45) is 0 Å². The summed E-state index contributed by atoms with van der Waals surface area (Å²) in [6.07, 6.45) is 0.0574. The Hall–Kier alpha value is -2.13. The average Bonchev–Trinajstić information content (AvgIpc) is 2.66. The van der Waals surface area contributed by atoms with Gasteiger partial charge in [-0.2, -0.15) is 4.72 Å². The van der Waals surface area contributed by atoms with Crippen LogP contribution in [0.1, 0.15) is 15.9 Å². The summed E-state index contributed by atoms with van der Waals surface area (Å²) in [6, 6.07) is 9.72. The number of benzene rings is 2. The number of ether oxygens (including phenoxy) is 2. The lowest BCUT2D eigenvalue weighted by Gasteiger charge is -2.18. The highest BCUT2D eigenvalue weighted by molar-refractivity contribution is 7.89. The van der Waals surface area contributed by atoms with Crippen molar-refractivity contribution in [2.75, 3.05) is 14.2 Å². The molecule has 0 fully saturated rings. The number of sulfonamides is 1. The summed E-state index contributed by atoms with van der Waals surface area (Å²) >= 11 is 12.0. The van der Waals surface area contributed by atoms with Gasteiger partial charge in [0.15, 0.2) is 0 Å². The SMILES string of the molecule is COC(=O)c1cc(S(=O)(=O)N[C@@H](Cc2ccccc2)C(=O)OC)c(Cl)cc1Cl. The van der Waals surface area contributed by atoms with Gasteiger partial charge in [0, 0.05) is 0 Å². The van der Waals surface area contributed by atoms with Gasteiger partial charge in [-0.3, -0.25) is 4.79 Å². The highest BCUT2D eigenvalue weighted by Crippen LogP contribution is 2.29. The van der Waals surface area contributed by atoms with Crippen LogP contribution in [0.3, 0.4) is 0 Å². The van der Waals surface area contributed by atoms with Crippen LogP contribution in [-0.4, -0.2) is 40.6 Å². The molecule has 0 aliphatic rings. The molecule has 150 valence electrons. The zero-order valence-electron chi connectivity index (χ0n) is 14.9. The molecule has 28 heavy (non-hydrogen) atoms. The minimum Gasteiger partial charge on any atom is -0.468 e. The number of hydrogen-bond acceptors (Lipinski definition) is 6. The molecule has 0 spiro atoms. The molecule has 10 heteroatoms. The zero-order chi connectivity index (χ0) is 20.9. The fourth-order valence-electron chi connectivity index (χ4n) is 2.42. The Kier molecular flexibility index (Phi) is 7.42. The quantitative estimate of drug-likeness (QED) is 0.657. The molecule has 0 radical (unpaired) electrons. The Morgan fingerprint density at radius 2 is 1.68 bits per heavy atom. The molecule has 0 heterocycles. The summed E-state index contributed by atoms with van der Waals surface area (Å²) in [5, 5.41) is -0.280. The van der Waals surface area contributed by atoms with E-state index < -0.39 is 32.9 Å². The first kappa shape index (κ1) is 22.2. The van der Waals surface area contributed by atoms with Crippen LogP contribution in [0.15, 0.2) is 47.4 Å². The molecule has 1 atom stereocenters. The normalized spacial score (nSPS) is 12.3. The number of hydrogen-bond donors (Lipinski definition) is 1. The molecule has 2 aromatic carbocycles. The summed E-state index contributed by atoms with van der Waals surface area (Å²) in [4.78, 5) is 23.5. The van der Waals surface area contributed by atoms with Crippen LogP contribution in [-0.2, 0) is 30.7 Å². The van der Waals surface area contributed by atoms with Crippen LogP contribution in [0.25, 0.3) is 0 Å². The van der Waals surface area contributed by atoms with Gasteiger partial charge < -0.3 is 9.47 Å². The highest BCUT2D eigenvalue weighted by atomic mass is 35.5. The Balaban J connectivity index is 2.41. The number of rotatable bonds is 7. The first-order valence-electron chi connectivity index (χ1n) is 7.91. The van der Waals surface area contributed by atoms with Gasteiger partial charge in [-0.1, -0.05) is 53.5 Å². The van der Waals surface area contributed by atoms with Crippen molar-refractivity contribution in [1.82, 2.24) is 4.72 Å². The van der Waals surface area contributed by atoms with E-state index in [1.807, 2.05) is 0 Å². The van der Waals surface area contributed by atoms with E-state index >= 15 is 0 Å². The van der Waals surface area contributed by atoms with E-state index in [-0.39, 0.29) is 22.0 Å². The molecule has 0 aromatic heterocycles. The standard InChI is InChI=1S/C18H17Cl2NO6S/c1-26-17(22)12-9-16(14(20)10-13(12)19)28(24,25)21-15(18(23)27-2)8-11-6-4-3-5-7-11/h3-7,9-10,15,21H,8H2,1-2H3/t15-/m0/s1. The first-order chi connectivity index (χ1) is 13.2. The molecule has 2 rings (SSSR count). The van der Waals surface area contributed by atoms with Crippen molar-refractivity contribution >= 4 is 45.2 Å². The first-order valence-corrected chi connectivity index (χ1v) is 10.1. The summed E-state index contributed by atoms with van der Waals surface area (Å²) < 4.78 is 37.3. The monoisotopic (exact) mass is 445 g/mol. The molecular weight excluding hydrogens is 429 g/mol. The van der Waals surface area contributed by atoms with Crippen LogP contribution in [0, 0.1) is 0 Å². The van der Waals surface area contributed by atoms with E-state index in [1.54, 1.807) is 30.3 Å². The van der Waals surface area contributed by atoms with Gasteiger partial charge >= 0.3 is 11.9 Å². The lowest BCUT2D eigenvalue weighted by atomic mass is 10.1. The third kappa shape index (κ3) is 5.23. The predicted octanol–water partition coefficient (Wildman–Crippen LogP) is 2.84. The topological polar surface area (TPSA) is 98.8 Å². The molecule has 1 N–H and O–H groups in total. The van der Waals surface area contributed by atoms with Crippen molar-refractivity contribution in [3.05, 3.63) is 63.6 Å². The van der Waals surface area contributed by atoms with Gasteiger partial charge in [0.05, 0.1) is 29.8 Å². The smallest absolute Gasteiger partial charge is 0.339 e. The Labute approximate surface area is 172 Å². The largest absolute Gasteiger partial charge is 0.468 e. The second kappa shape index (κ2) is 9.38. The molecule has 2 aromatic rings. The fraction of sp³-hybridized carbons (Fsp3) is 0.222. The number of carbonyl (C=O) groups is 2. The van der Waals surface area contributed by atoms with Gasteiger partial charge in [-0.05, 0) is 24.1 Å². The lowest BCUT2D eigenvalue weighted by molar-refractivity contribution is -0.142. The van der Waals surface area contributed by atoms with Crippen molar-refractivity contribution in [2.45, 2.75) is 17.4 Å². The maximum absolute atomic E-state index is 12.8. The molecular formula is C18H17Cl2NO6S. The third-order valence-corrected chi connectivity index (χ3v) is 6.03. The number of carbonyl (C=O) groups excluding carboxylic acids is 2. The second-order valence-corrected chi connectivity index (χ2v) is 8.14. The molecule has 0 aliphatic carbocycles. The number of halogens is 2. The summed E-state index contributed by atoms with van der Waals surface area (Å²) in [5.41, 5.74) is 0.546. The van der Waals surface area contributed by atoms with Crippen LogP contribution in [0.4, 0.5) is 0 Å². The fourth-order valence-corrected chi connectivity index (χ4v) is 4.45. The molecule has 0 bridgehead atoms. The van der Waals surface area contributed by atoms with Crippen molar-refractivity contribution in [3.8, 4) is 0 Å². The lowest BCUT2D eigenvalue weighted by Crippen LogP contribution is -2.43. The van der Waals surface area contributed by atoms with E-state index in [4.69, 9.17) is 27.9 Å². The maximum Gasteiger partial charge on any atom is 0.339 e. The molecule has 0 saturated heterocycles. The Bertz CT molecular complexity index is 979. The highest BCUT2D eigenvalue weighted by Gasteiger charge is 2.29. The second-order valence-electron chi connectivity index (χ2n) is 5.64. The van der Waals surface area contributed by atoms with E-state index in [1.165, 1.54) is 0 Å². The molecule has 0 aliphatic heterocycles. The maximum atomic E-state index is 12.8. The summed E-state index contributed by atoms with van der Waals surface area (Å²) in [7, 11) is -2.01. The van der Waals surface area contributed by atoms with Crippen LogP contribution in [0.2, 0.25) is 10.0 Å². The van der Waals surface area contributed by atoms with Gasteiger partial charge in [0.2, 0.25) is 10.0 Å². The minimum atomic E-state index is -4.30. The van der Waals surface area contributed by atoms with Crippen LogP contribution in [0.5, 0.6) is 0 Å². The van der Waals surface area contributed by atoms with E-state index in [2.05, 4.69) is 9.46 Å². The predicted molar refractivity (Wildman–Crippen MR) is 104 cm³/mol. The number of esters is 2. The van der Waals surface area contributed by atoms with Gasteiger partial charge in [0.25, 0.3) is 0 Å². The van der Waals surface area contributed by atoms with Crippen molar-refractivity contribution in [1.29, 1.82) is 0 Å². The zero-order valence-corrected chi connectivity index (χ0v) is 17.3. The minimum absolute atomic E-state index is 0.0574. The van der Waals surface area contributed by atoms with E-state index in [9.17, 15) is 18.0 Å². The Morgan fingerprint density at radius 1 is 1.04 bits per heavy atom. The van der Waals surface area contributed by atoms with Crippen LogP contribution >= 0.6 is 23.2 Å². The van der Waals surface area contributed by atoms with Gasteiger partial charge in [-0.15, -0.1) is 0 Å². The number of nitrogens with one attached hydrogen (secondary N) is 1. The van der Waals surface area contributed by atoms with E-state index in [0.717, 1.165) is 31.9 Å². The summed E-state index contributed by atoms with van der Waals surface area (Å²) in [6.45, 7) is 0. The molecule has 7 nitrogen and oxygen atoms in total. The molecule has 0 amide bonds. The Morgan fingerprint density at radius 3 is 2.25 bits per heavy atom.